The summed E-state index contributed by atoms with van der Waals surface area (Å²) in [5.74, 6) is 2.12. The molecule has 0 saturated heterocycles. The minimum Gasteiger partial charge on any atom is -0.489 e. The molecule has 0 bridgehead atoms. The topological polar surface area (TPSA) is 83.2 Å². The standard InChI is InChI=1S/C24H23N3O4S/c1-26-22-13-18(7-10-21(22)25-24(26)17-5-6-17)27-12-11-19(14-23(27)28)31-15-16-3-8-20(9-4-16)32(2,29)30/h3-4,7-14,17H,5-6,15H2,1-2H3. The number of hydrogen-bond donors (Lipinski definition) is 0. The molecule has 0 spiro atoms. The van der Waals surface area contributed by atoms with Gasteiger partial charge in [-0.3, -0.25) is 9.36 Å². The zero-order valence-corrected chi connectivity index (χ0v) is 18.7. The lowest BCUT2D eigenvalue weighted by Gasteiger charge is -2.10. The average molecular weight is 450 g/mol. The van der Waals surface area contributed by atoms with Crippen LogP contribution in [-0.2, 0) is 23.5 Å². The third kappa shape index (κ3) is 3.93. The molecule has 2 heterocycles. The van der Waals surface area contributed by atoms with Crippen LogP contribution in [0.5, 0.6) is 5.75 Å². The lowest BCUT2D eigenvalue weighted by atomic mass is 10.2. The van der Waals surface area contributed by atoms with E-state index in [9.17, 15) is 13.2 Å². The molecule has 1 aliphatic carbocycles. The summed E-state index contributed by atoms with van der Waals surface area (Å²) in [7, 11) is -1.21. The molecule has 0 atom stereocenters. The van der Waals surface area contributed by atoms with Gasteiger partial charge in [0.25, 0.3) is 5.56 Å². The van der Waals surface area contributed by atoms with E-state index in [4.69, 9.17) is 9.72 Å². The molecule has 7 nitrogen and oxygen atoms in total. The van der Waals surface area contributed by atoms with Crippen molar-refractivity contribution in [1.82, 2.24) is 14.1 Å². The van der Waals surface area contributed by atoms with Crippen molar-refractivity contribution in [3.8, 4) is 11.4 Å². The molecule has 0 unspecified atom stereocenters. The number of sulfone groups is 1. The third-order valence-electron chi connectivity index (χ3n) is 5.77. The number of fused-ring (bicyclic) bond motifs is 1. The molecular formula is C24H23N3O4S. The highest BCUT2D eigenvalue weighted by molar-refractivity contribution is 7.90. The van der Waals surface area contributed by atoms with Crippen molar-refractivity contribution in [2.45, 2.75) is 30.3 Å². The lowest BCUT2D eigenvalue weighted by Crippen LogP contribution is -2.16. The van der Waals surface area contributed by atoms with Gasteiger partial charge < -0.3 is 9.30 Å². The van der Waals surface area contributed by atoms with Gasteiger partial charge in [-0.25, -0.2) is 13.4 Å². The van der Waals surface area contributed by atoms with Gasteiger partial charge in [-0.05, 0) is 54.8 Å². The largest absolute Gasteiger partial charge is 0.489 e. The van der Waals surface area contributed by atoms with Gasteiger partial charge >= 0.3 is 0 Å². The molecule has 0 aliphatic heterocycles. The fourth-order valence-electron chi connectivity index (χ4n) is 3.82. The van der Waals surface area contributed by atoms with Gasteiger partial charge in [0.2, 0.25) is 0 Å². The van der Waals surface area contributed by atoms with E-state index >= 15 is 0 Å². The molecule has 0 amide bonds. The Labute approximate surface area is 185 Å². The van der Waals surface area contributed by atoms with Crippen molar-refractivity contribution in [3.63, 3.8) is 0 Å². The second kappa shape index (κ2) is 7.63. The Balaban J connectivity index is 1.35. The van der Waals surface area contributed by atoms with Crippen LogP contribution < -0.4 is 10.3 Å². The van der Waals surface area contributed by atoms with Crippen molar-refractivity contribution < 1.29 is 13.2 Å². The highest BCUT2D eigenvalue weighted by Crippen LogP contribution is 2.40. The van der Waals surface area contributed by atoms with Gasteiger partial charge in [-0.2, -0.15) is 0 Å². The second-order valence-corrected chi connectivity index (χ2v) is 10.3. The number of pyridine rings is 1. The predicted molar refractivity (Wildman–Crippen MR) is 122 cm³/mol. The average Bonchev–Trinajstić information content (AvgIpc) is 3.56. The Morgan fingerprint density at radius 2 is 1.81 bits per heavy atom. The van der Waals surface area contributed by atoms with Gasteiger partial charge in [0.15, 0.2) is 9.84 Å². The minimum atomic E-state index is -3.23. The first-order valence-corrected chi connectivity index (χ1v) is 12.3. The molecule has 0 N–H and O–H groups in total. The van der Waals surface area contributed by atoms with Gasteiger partial charge in [0, 0.05) is 31.5 Å². The molecule has 32 heavy (non-hydrogen) atoms. The molecule has 1 saturated carbocycles. The van der Waals surface area contributed by atoms with Crippen LogP contribution in [0.3, 0.4) is 0 Å². The number of rotatable bonds is 6. The van der Waals surface area contributed by atoms with E-state index in [1.54, 1.807) is 41.1 Å². The fourth-order valence-corrected chi connectivity index (χ4v) is 4.45. The van der Waals surface area contributed by atoms with Crippen LogP contribution in [0.1, 0.15) is 30.1 Å². The molecule has 1 aliphatic rings. The van der Waals surface area contributed by atoms with Crippen LogP contribution in [0, 0.1) is 0 Å². The summed E-state index contributed by atoms with van der Waals surface area (Å²) in [6.45, 7) is 0.235. The lowest BCUT2D eigenvalue weighted by molar-refractivity contribution is 0.305. The summed E-state index contributed by atoms with van der Waals surface area (Å²) >= 11 is 0. The molecule has 2 aromatic heterocycles. The highest BCUT2D eigenvalue weighted by atomic mass is 32.2. The number of ether oxygens (including phenoxy) is 1. The van der Waals surface area contributed by atoms with Crippen LogP contribution in [-0.4, -0.2) is 28.8 Å². The van der Waals surface area contributed by atoms with Gasteiger partial charge in [-0.15, -0.1) is 0 Å². The van der Waals surface area contributed by atoms with Crippen LogP contribution >= 0.6 is 0 Å². The first-order valence-electron chi connectivity index (χ1n) is 10.4. The molecule has 1 fully saturated rings. The van der Waals surface area contributed by atoms with E-state index in [2.05, 4.69) is 4.57 Å². The van der Waals surface area contributed by atoms with E-state index in [0.717, 1.165) is 28.1 Å². The quantitative estimate of drug-likeness (QED) is 0.449. The normalized spacial score (nSPS) is 14.1. The fraction of sp³-hybridized carbons (Fsp3) is 0.250. The maximum Gasteiger partial charge on any atom is 0.258 e. The summed E-state index contributed by atoms with van der Waals surface area (Å²) in [5.41, 5.74) is 3.34. The van der Waals surface area contributed by atoms with Crippen molar-refractivity contribution >= 4 is 20.9 Å². The van der Waals surface area contributed by atoms with E-state index in [1.165, 1.54) is 25.2 Å². The van der Waals surface area contributed by atoms with E-state index in [-0.39, 0.29) is 17.1 Å². The van der Waals surface area contributed by atoms with Crippen molar-refractivity contribution in [3.05, 3.63) is 82.5 Å². The molecule has 0 radical (unpaired) electrons. The van der Waals surface area contributed by atoms with Crippen LogP contribution in [0.25, 0.3) is 16.7 Å². The maximum absolute atomic E-state index is 12.7. The maximum atomic E-state index is 12.7. The number of aryl methyl sites for hydroxylation is 1. The molecule has 4 aromatic rings. The minimum absolute atomic E-state index is 0.196. The van der Waals surface area contributed by atoms with Crippen molar-refractivity contribution in [1.29, 1.82) is 0 Å². The van der Waals surface area contributed by atoms with Crippen LogP contribution in [0.2, 0.25) is 0 Å². The highest BCUT2D eigenvalue weighted by Gasteiger charge is 2.28. The van der Waals surface area contributed by atoms with Crippen molar-refractivity contribution in [2.24, 2.45) is 7.05 Å². The third-order valence-corrected chi connectivity index (χ3v) is 6.90. The Morgan fingerprint density at radius 3 is 2.47 bits per heavy atom. The Morgan fingerprint density at radius 1 is 1.06 bits per heavy atom. The van der Waals surface area contributed by atoms with Gasteiger partial charge in [-0.1, -0.05) is 12.1 Å². The Hall–Kier alpha value is -3.39. The number of nitrogens with zero attached hydrogens (tertiary/aromatic N) is 3. The molecule has 164 valence electrons. The SMILES string of the molecule is Cn1c(C2CC2)nc2ccc(-n3ccc(OCc4ccc(S(C)(=O)=O)cc4)cc3=O)cc21. The molecule has 2 aromatic carbocycles. The molecular weight excluding hydrogens is 426 g/mol. The Bertz CT molecular complexity index is 1480. The zero-order chi connectivity index (χ0) is 22.5. The van der Waals surface area contributed by atoms with Crippen molar-refractivity contribution in [2.75, 3.05) is 6.26 Å². The summed E-state index contributed by atoms with van der Waals surface area (Å²) in [4.78, 5) is 17.7. The summed E-state index contributed by atoms with van der Waals surface area (Å²) in [5, 5.41) is 0. The molecule has 5 rings (SSSR count). The number of benzene rings is 2. The smallest absolute Gasteiger partial charge is 0.258 e. The van der Waals surface area contributed by atoms with E-state index in [1.807, 2.05) is 25.2 Å². The van der Waals surface area contributed by atoms with Crippen LogP contribution in [0.4, 0.5) is 0 Å². The van der Waals surface area contributed by atoms with E-state index < -0.39 is 9.84 Å². The number of hydrogen-bond acceptors (Lipinski definition) is 5. The first kappa shape index (κ1) is 20.5. The first-order chi connectivity index (χ1) is 15.3. The zero-order valence-electron chi connectivity index (χ0n) is 17.9. The van der Waals surface area contributed by atoms with Gasteiger partial charge in [0.05, 0.1) is 21.6 Å². The van der Waals surface area contributed by atoms with Crippen LogP contribution in [0.15, 0.2) is 70.5 Å². The van der Waals surface area contributed by atoms with E-state index in [0.29, 0.717) is 11.7 Å². The summed E-state index contributed by atoms with van der Waals surface area (Å²) in [6.07, 6.45) is 5.24. The molecule has 8 heteroatoms. The number of aromatic nitrogens is 3. The predicted octanol–water partition coefficient (Wildman–Crippen LogP) is 3.58. The Kier molecular flexibility index (Phi) is 4.89. The monoisotopic (exact) mass is 449 g/mol. The number of imidazole rings is 1. The van der Waals surface area contributed by atoms with Gasteiger partial charge in [0.1, 0.15) is 18.2 Å². The summed E-state index contributed by atoms with van der Waals surface area (Å²) < 4.78 is 32.6. The second-order valence-electron chi connectivity index (χ2n) is 8.25. The summed E-state index contributed by atoms with van der Waals surface area (Å²) in [6, 6.07) is 15.5.